The molecule has 0 aliphatic rings. The van der Waals surface area contributed by atoms with Gasteiger partial charge in [-0.3, -0.25) is 14.6 Å². The number of halogens is 3. The van der Waals surface area contributed by atoms with Gasteiger partial charge in [-0.15, -0.1) is 0 Å². The Morgan fingerprint density at radius 1 is 0.951 bits per heavy atom. The lowest BCUT2D eigenvalue weighted by Crippen LogP contribution is -2.33. The number of benzene rings is 3. The molecule has 0 aliphatic carbocycles. The average Bonchev–Trinajstić information content (AvgIpc) is 3.28. The van der Waals surface area contributed by atoms with Gasteiger partial charge in [-0.25, -0.2) is 13.2 Å². The van der Waals surface area contributed by atoms with Gasteiger partial charge in [-0.05, 0) is 96.4 Å². The number of amides is 2. The summed E-state index contributed by atoms with van der Waals surface area (Å²) in [6.45, 7) is 4.02. The molecule has 2 amide bonds. The van der Waals surface area contributed by atoms with Crippen LogP contribution >= 0.6 is 0 Å². The number of pyridine rings is 1. The fourth-order valence-corrected chi connectivity index (χ4v) is 4.99. The summed E-state index contributed by atoms with van der Waals surface area (Å²) in [4.78, 5) is 29.7. The van der Waals surface area contributed by atoms with Gasteiger partial charge in [-0.1, -0.05) is 12.1 Å². The zero-order valence-electron chi connectivity index (χ0n) is 22.4. The highest BCUT2D eigenvalue weighted by Gasteiger charge is 2.23. The van der Waals surface area contributed by atoms with Crippen LogP contribution in [0.25, 0.3) is 22.0 Å². The molecule has 3 N–H and O–H groups in total. The Bertz CT molecular complexity index is 1780. The Labute approximate surface area is 234 Å². The van der Waals surface area contributed by atoms with Gasteiger partial charge in [0.1, 0.15) is 24.0 Å². The van der Waals surface area contributed by atoms with E-state index in [2.05, 4.69) is 16.4 Å². The van der Waals surface area contributed by atoms with Gasteiger partial charge >= 0.3 is 0 Å². The standard InChI is InChI=1S/C32H27F3N4O2/c1-18-10-22-7-9-39(29(22)11-19(18)2)17-30(40)38-28(14-20-12-23(33)16-24(34)13-20)31-25(4-3-8-37-31)21-5-6-27(35)26(15-21)32(36)41/h3-13,15-16,28H,14,17H2,1-2H3,(H2,36,41)(H,38,40). The van der Waals surface area contributed by atoms with Gasteiger partial charge in [0.05, 0.1) is 17.3 Å². The van der Waals surface area contributed by atoms with E-state index >= 15 is 0 Å². The first kappa shape index (κ1) is 27.6. The second-order valence-corrected chi connectivity index (χ2v) is 10.0. The molecule has 5 rings (SSSR count). The molecule has 41 heavy (non-hydrogen) atoms. The van der Waals surface area contributed by atoms with E-state index in [0.717, 1.165) is 34.2 Å². The molecule has 9 heteroatoms. The van der Waals surface area contributed by atoms with Crippen molar-refractivity contribution in [2.45, 2.75) is 32.9 Å². The third kappa shape index (κ3) is 5.99. The summed E-state index contributed by atoms with van der Waals surface area (Å²) in [5.41, 5.74) is 9.80. The first-order valence-electron chi connectivity index (χ1n) is 12.9. The zero-order chi connectivity index (χ0) is 29.3. The Balaban J connectivity index is 1.53. The summed E-state index contributed by atoms with van der Waals surface area (Å²) in [5.74, 6) is -3.55. The average molecular weight is 557 g/mol. The SMILES string of the molecule is Cc1cc2ccn(CC(=O)NC(Cc3cc(F)cc(F)c3)c3ncccc3-c3ccc(F)c(C(N)=O)c3)c2cc1C. The van der Waals surface area contributed by atoms with E-state index in [9.17, 15) is 22.8 Å². The van der Waals surface area contributed by atoms with Crippen LogP contribution in [-0.4, -0.2) is 21.4 Å². The maximum absolute atomic E-state index is 14.2. The minimum Gasteiger partial charge on any atom is -0.366 e. The predicted molar refractivity (Wildman–Crippen MR) is 151 cm³/mol. The molecule has 0 saturated heterocycles. The van der Waals surface area contributed by atoms with Crippen LogP contribution in [0.4, 0.5) is 13.2 Å². The Kier molecular flexibility index (Phi) is 7.61. The molecular weight excluding hydrogens is 529 g/mol. The maximum atomic E-state index is 14.2. The van der Waals surface area contributed by atoms with Crippen LogP contribution in [0.2, 0.25) is 0 Å². The molecule has 6 nitrogen and oxygen atoms in total. The highest BCUT2D eigenvalue weighted by atomic mass is 19.1. The van der Waals surface area contributed by atoms with Crippen molar-refractivity contribution in [3.63, 3.8) is 0 Å². The quantitative estimate of drug-likeness (QED) is 0.248. The molecule has 1 atom stereocenters. The monoisotopic (exact) mass is 556 g/mol. The number of primary amides is 1. The van der Waals surface area contributed by atoms with Crippen molar-refractivity contribution in [2.24, 2.45) is 5.73 Å². The number of nitrogens with zero attached hydrogens (tertiary/aromatic N) is 2. The van der Waals surface area contributed by atoms with Crippen LogP contribution in [-0.2, 0) is 17.8 Å². The molecule has 3 aromatic carbocycles. The summed E-state index contributed by atoms with van der Waals surface area (Å²) in [7, 11) is 0. The molecule has 208 valence electrons. The first-order chi connectivity index (χ1) is 19.6. The largest absolute Gasteiger partial charge is 0.366 e. The number of aryl methyl sites for hydroxylation is 2. The first-order valence-corrected chi connectivity index (χ1v) is 12.9. The second kappa shape index (κ2) is 11.3. The molecule has 0 spiro atoms. The van der Waals surface area contributed by atoms with E-state index in [4.69, 9.17) is 5.73 Å². The number of carbonyl (C=O) groups is 2. The van der Waals surface area contributed by atoms with Crippen LogP contribution in [0.3, 0.4) is 0 Å². The molecule has 2 heterocycles. The molecule has 2 aromatic heterocycles. The topological polar surface area (TPSA) is 90.0 Å². The number of fused-ring (bicyclic) bond motifs is 1. The number of rotatable bonds is 8. The minimum atomic E-state index is -0.931. The van der Waals surface area contributed by atoms with Gasteiger partial charge in [-0.2, -0.15) is 0 Å². The van der Waals surface area contributed by atoms with Crippen LogP contribution < -0.4 is 11.1 Å². The van der Waals surface area contributed by atoms with Gasteiger partial charge < -0.3 is 15.6 Å². The van der Waals surface area contributed by atoms with Crippen LogP contribution in [0.1, 0.15) is 38.8 Å². The number of nitrogens with one attached hydrogen (secondary N) is 1. The lowest BCUT2D eigenvalue weighted by Gasteiger charge is -2.22. The van der Waals surface area contributed by atoms with Gasteiger partial charge in [0, 0.05) is 29.5 Å². The molecule has 1 unspecified atom stereocenters. The van der Waals surface area contributed by atoms with Crippen molar-refractivity contribution in [3.05, 3.63) is 125 Å². The Morgan fingerprint density at radius 3 is 2.41 bits per heavy atom. The van der Waals surface area contributed by atoms with Crippen molar-refractivity contribution in [1.82, 2.24) is 14.9 Å². The fraction of sp³-hybridized carbons (Fsp3) is 0.156. The van der Waals surface area contributed by atoms with E-state index in [1.807, 2.05) is 36.7 Å². The summed E-state index contributed by atoms with van der Waals surface area (Å²) in [5, 5.41) is 3.98. The number of nitrogens with two attached hydrogens (primary N) is 1. The lowest BCUT2D eigenvalue weighted by molar-refractivity contribution is -0.122. The van der Waals surface area contributed by atoms with E-state index < -0.39 is 29.4 Å². The van der Waals surface area contributed by atoms with Crippen molar-refractivity contribution in [3.8, 4) is 11.1 Å². The lowest BCUT2D eigenvalue weighted by atomic mass is 9.94. The third-order valence-electron chi connectivity index (χ3n) is 7.11. The molecule has 0 radical (unpaired) electrons. The second-order valence-electron chi connectivity index (χ2n) is 10.0. The summed E-state index contributed by atoms with van der Waals surface area (Å²) in [6, 6.07) is 15.6. The van der Waals surface area contributed by atoms with E-state index in [-0.39, 0.29) is 24.4 Å². The number of carbonyl (C=O) groups excluding carboxylic acids is 2. The Morgan fingerprint density at radius 2 is 1.68 bits per heavy atom. The number of hydrogen-bond acceptors (Lipinski definition) is 3. The summed E-state index contributed by atoms with van der Waals surface area (Å²) in [6.07, 6.45) is 3.36. The molecule has 0 bridgehead atoms. The van der Waals surface area contributed by atoms with Crippen molar-refractivity contribution < 1.29 is 22.8 Å². The van der Waals surface area contributed by atoms with Gasteiger partial charge in [0.15, 0.2) is 0 Å². The van der Waals surface area contributed by atoms with Crippen LogP contribution in [0.5, 0.6) is 0 Å². The van der Waals surface area contributed by atoms with Crippen molar-refractivity contribution in [2.75, 3.05) is 0 Å². The normalized spacial score (nSPS) is 11.9. The predicted octanol–water partition coefficient (Wildman–Crippen LogP) is 5.94. The highest BCUT2D eigenvalue weighted by Crippen LogP contribution is 2.30. The fourth-order valence-electron chi connectivity index (χ4n) is 4.99. The van der Waals surface area contributed by atoms with Gasteiger partial charge in [0.25, 0.3) is 5.91 Å². The van der Waals surface area contributed by atoms with Crippen molar-refractivity contribution >= 4 is 22.7 Å². The number of hydrogen-bond donors (Lipinski definition) is 2. The Hall–Kier alpha value is -4.92. The highest BCUT2D eigenvalue weighted by molar-refractivity contribution is 5.94. The van der Waals surface area contributed by atoms with E-state index in [0.29, 0.717) is 22.4 Å². The zero-order valence-corrected chi connectivity index (χ0v) is 22.4. The van der Waals surface area contributed by atoms with Gasteiger partial charge in [0.2, 0.25) is 5.91 Å². The summed E-state index contributed by atoms with van der Waals surface area (Å²) >= 11 is 0. The molecule has 0 aliphatic heterocycles. The van der Waals surface area contributed by atoms with E-state index in [1.165, 1.54) is 30.5 Å². The molecule has 0 fully saturated rings. The van der Waals surface area contributed by atoms with Crippen LogP contribution in [0, 0.1) is 31.3 Å². The number of aromatic nitrogens is 2. The van der Waals surface area contributed by atoms with Crippen LogP contribution in [0.15, 0.2) is 79.1 Å². The minimum absolute atomic E-state index is 0.00937. The van der Waals surface area contributed by atoms with Crippen molar-refractivity contribution in [1.29, 1.82) is 0 Å². The molecule has 0 saturated carbocycles. The summed E-state index contributed by atoms with van der Waals surface area (Å²) < 4.78 is 44.2. The smallest absolute Gasteiger partial charge is 0.251 e. The molecular formula is C32H27F3N4O2. The maximum Gasteiger partial charge on any atom is 0.251 e. The van der Waals surface area contributed by atoms with E-state index in [1.54, 1.807) is 12.1 Å². The third-order valence-corrected chi connectivity index (χ3v) is 7.11. The molecule has 5 aromatic rings.